The summed E-state index contributed by atoms with van der Waals surface area (Å²) in [5, 5.41) is 5.53. The third-order valence-electron chi connectivity index (χ3n) is 4.34. The van der Waals surface area contributed by atoms with Crippen molar-refractivity contribution in [3.8, 4) is 5.75 Å². The first-order chi connectivity index (χ1) is 12.5. The number of hydrogen-bond acceptors (Lipinski definition) is 3. The Kier molecular flexibility index (Phi) is 6.97. The van der Waals surface area contributed by atoms with Crippen LogP contribution >= 0.6 is 0 Å². The van der Waals surface area contributed by atoms with Crippen molar-refractivity contribution in [1.82, 2.24) is 10.6 Å². The molecule has 0 saturated heterocycles. The fourth-order valence-corrected chi connectivity index (χ4v) is 2.59. The second-order valence-corrected chi connectivity index (χ2v) is 6.12. The van der Waals surface area contributed by atoms with Gasteiger partial charge in [0.25, 0.3) is 0 Å². The number of halogens is 1. The Morgan fingerprint density at radius 3 is 2.38 bits per heavy atom. The van der Waals surface area contributed by atoms with Crippen molar-refractivity contribution in [2.45, 2.75) is 18.9 Å². The molecule has 2 aromatic carbocycles. The van der Waals surface area contributed by atoms with Gasteiger partial charge in [0.15, 0.2) is 0 Å². The first-order valence-corrected chi connectivity index (χ1v) is 8.43. The van der Waals surface area contributed by atoms with Crippen LogP contribution in [0.5, 0.6) is 5.75 Å². The van der Waals surface area contributed by atoms with Crippen molar-refractivity contribution in [2.75, 3.05) is 27.3 Å². The van der Waals surface area contributed by atoms with Crippen molar-refractivity contribution in [2.24, 2.45) is 0 Å². The SMILES string of the molecule is COc1ccc(CCNC(=O)NC[C@](C)(OC)c2ccccc2F)cc1. The molecule has 2 N–H and O–H groups in total. The Morgan fingerprint density at radius 1 is 1.08 bits per heavy atom. The Labute approximate surface area is 153 Å². The van der Waals surface area contributed by atoms with E-state index in [2.05, 4.69) is 10.6 Å². The molecule has 2 amide bonds. The molecule has 0 radical (unpaired) electrons. The summed E-state index contributed by atoms with van der Waals surface area (Å²) in [5.41, 5.74) is 0.554. The topological polar surface area (TPSA) is 59.6 Å². The number of urea groups is 1. The molecule has 5 nitrogen and oxygen atoms in total. The number of carbonyl (C=O) groups is 1. The van der Waals surface area contributed by atoms with Gasteiger partial charge in [0.2, 0.25) is 0 Å². The summed E-state index contributed by atoms with van der Waals surface area (Å²) in [4.78, 5) is 12.0. The minimum absolute atomic E-state index is 0.152. The molecule has 2 rings (SSSR count). The van der Waals surface area contributed by atoms with Gasteiger partial charge < -0.3 is 20.1 Å². The van der Waals surface area contributed by atoms with Crippen LogP contribution in [0.3, 0.4) is 0 Å². The number of methoxy groups -OCH3 is 2. The molecule has 0 bridgehead atoms. The van der Waals surface area contributed by atoms with Crippen molar-refractivity contribution in [1.29, 1.82) is 0 Å². The van der Waals surface area contributed by atoms with Crippen molar-refractivity contribution in [3.05, 3.63) is 65.5 Å². The number of nitrogens with one attached hydrogen (secondary N) is 2. The van der Waals surface area contributed by atoms with E-state index in [9.17, 15) is 9.18 Å². The van der Waals surface area contributed by atoms with Crippen LogP contribution in [0.1, 0.15) is 18.1 Å². The van der Waals surface area contributed by atoms with E-state index < -0.39 is 5.60 Å². The van der Waals surface area contributed by atoms with Crippen LogP contribution in [0.25, 0.3) is 0 Å². The van der Waals surface area contributed by atoms with Gasteiger partial charge in [-0.05, 0) is 37.1 Å². The standard InChI is InChI=1S/C20H25FN2O3/c1-20(26-3,17-6-4-5-7-18(17)21)14-23-19(24)22-13-12-15-8-10-16(25-2)11-9-15/h4-11H,12-14H2,1-3H3,(H2,22,23,24)/t20-/m0/s1. The fourth-order valence-electron chi connectivity index (χ4n) is 2.59. The minimum Gasteiger partial charge on any atom is -0.497 e. The van der Waals surface area contributed by atoms with E-state index in [1.54, 1.807) is 32.2 Å². The quantitative estimate of drug-likeness (QED) is 0.760. The maximum atomic E-state index is 14.0. The zero-order valence-corrected chi connectivity index (χ0v) is 15.3. The van der Waals surface area contributed by atoms with Crippen LogP contribution in [0.15, 0.2) is 48.5 Å². The number of carbonyl (C=O) groups excluding carboxylic acids is 1. The summed E-state index contributed by atoms with van der Waals surface area (Å²) < 4.78 is 24.6. The van der Waals surface area contributed by atoms with Gasteiger partial charge in [-0.15, -0.1) is 0 Å². The van der Waals surface area contributed by atoms with Crippen molar-refractivity contribution < 1.29 is 18.7 Å². The molecule has 2 aromatic rings. The number of hydrogen-bond donors (Lipinski definition) is 2. The van der Waals surface area contributed by atoms with E-state index in [-0.39, 0.29) is 18.4 Å². The number of benzene rings is 2. The summed E-state index contributed by atoms with van der Waals surface area (Å²) in [6, 6.07) is 13.7. The third kappa shape index (κ3) is 5.20. The second-order valence-electron chi connectivity index (χ2n) is 6.12. The molecule has 0 aliphatic rings. The smallest absolute Gasteiger partial charge is 0.314 e. The van der Waals surface area contributed by atoms with E-state index in [0.29, 0.717) is 18.5 Å². The molecule has 0 aromatic heterocycles. The van der Waals surface area contributed by atoms with Gasteiger partial charge >= 0.3 is 6.03 Å². The van der Waals surface area contributed by atoms with Crippen molar-refractivity contribution >= 4 is 6.03 Å². The summed E-state index contributed by atoms with van der Waals surface area (Å²) in [5.74, 6) is 0.435. The van der Waals surface area contributed by atoms with Crippen molar-refractivity contribution in [3.63, 3.8) is 0 Å². The second kappa shape index (κ2) is 9.20. The minimum atomic E-state index is -0.946. The van der Waals surface area contributed by atoms with Gasteiger partial charge in [0, 0.05) is 19.2 Å². The molecule has 26 heavy (non-hydrogen) atoms. The zero-order valence-electron chi connectivity index (χ0n) is 15.3. The molecule has 1 atom stereocenters. The fraction of sp³-hybridized carbons (Fsp3) is 0.350. The lowest BCUT2D eigenvalue weighted by molar-refractivity contribution is 0.00204. The molecular formula is C20H25FN2O3. The normalized spacial score (nSPS) is 12.9. The first kappa shape index (κ1) is 19.7. The highest BCUT2D eigenvalue weighted by molar-refractivity contribution is 5.73. The maximum Gasteiger partial charge on any atom is 0.314 e. The van der Waals surface area contributed by atoms with Crippen LogP contribution in [0.4, 0.5) is 9.18 Å². The summed E-state index contributed by atoms with van der Waals surface area (Å²) >= 11 is 0. The lowest BCUT2D eigenvalue weighted by atomic mass is 9.95. The van der Waals surface area contributed by atoms with Gasteiger partial charge in [0.05, 0.1) is 13.7 Å². The van der Waals surface area contributed by atoms with Gasteiger partial charge in [-0.25, -0.2) is 9.18 Å². The first-order valence-electron chi connectivity index (χ1n) is 8.43. The number of rotatable bonds is 8. The maximum absolute atomic E-state index is 14.0. The van der Waals surface area contributed by atoms with Crippen LogP contribution in [-0.2, 0) is 16.8 Å². The molecule has 6 heteroatoms. The highest BCUT2D eigenvalue weighted by atomic mass is 19.1. The lowest BCUT2D eigenvalue weighted by Gasteiger charge is -2.29. The van der Waals surface area contributed by atoms with Gasteiger partial charge in [-0.1, -0.05) is 30.3 Å². The Hall–Kier alpha value is -2.60. The number of amides is 2. The monoisotopic (exact) mass is 360 g/mol. The van der Waals surface area contributed by atoms with E-state index >= 15 is 0 Å². The Bertz CT molecular complexity index is 721. The molecule has 0 spiro atoms. The van der Waals surface area contributed by atoms with Gasteiger partial charge in [-0.3, -0.25) is 0 Å². The summed E-state index contributed by atoms with van der Waals surface area (Å²) in [6.07, 6.45) is 0.701. The van der Waals surface area contributed by atoms with Crippen LogP contribution in [0.2, 0.25) is 0 Å². The molecular weight excluding hydrogens is 335 g/mol. The van der Waals surface area contributed by atoms with E-state index in [1.165, 1.54) is 13.2 Å². The number of ether oxygens (including phenoxy) is 2. The Balaban J connectivity index is 1.82. The molecule has 140 valence electrons. The van der Waals surface area contributed by atoms with E-state index in [4.69, 9.17) is 9.47 Å². The van der Waals surface area contributed by atoms with Crippen LogP contribution < -0.4 is 15.4 Å². The van der Waals surface area contributed by atoms with Crippen LogP contribution in [-0.4, -0.2) is 33.3 Å². The van der Waals surface area contributed by atoms with E-state index in [0.717, 1.165) is 11.3 Å². The lowest BCUT2D eigenvalue weighted by Crippen LogP contribution is -2.45. The molecule has 0 aliphatic heterocycles. The molecule has 0 aliphatic carbocycles. The average molecular weight is 360 g/mol. The zero-order chi connectivity index (χ0) is 19.0. The highest BCUT2D eigenvalue weighted by Crippen LogP contribution is 2.26. The summed E-state index contributed by atoms with van der Waals surface area (Å²) in [6.45, 7) is 2.38. The third-order valence-corrected chi connectivity index (χ3v) is 4.34. The van der Waals surface area contributed by atoms with Gasteiger partial charge in [0.1, 0.15) is 17.2 Å². The largest absolute Gasteiger partial charge is 0.497 e. The molecule has 0 saturated carbocycles. The summed E-state index contributed by atoms with van der Waals surface area (Å²) in [7, 11) is 3.12. The van der Waals surface area contributed by atoms with Crippen LogP contribution in [0, 0.1) is 5.82 Å². The molecule has 0 fully saturated rings. The molecule has 0 unspecified atom stereocenters. The predicted octanol–water partition coefficient (Wildman–Crippen LogP) is 3.24. The predicted molar refractivity (Wildman–Crippen MR) is 98.9 cm³/mol. The van der Waals surface area contributed by atoms with Gasteiger partial charge in [-0.2, -0.15) is 0 Å². The average Bonchev–Trinajstić information content (AvgIpc) is 2.67. The highest BCUT2D eigenvalue weighted by Gasteiger charge is 2.29. The van der Waals surface area contributed by atoms with E-state index in [1.807, 2.05) is 24.3 Å². The molecule has 0 heterocycles. The Morgan fingerprint density at radius 2 is 1.77 bits per heavy atom.